The summed E-state index contributed by atoms with van der Waals surface area (Å²) in [6.07, 6.45) is 1.93. The highest BCUT2D eigenvalue weighted by molar-refractivity contribution is 5.93. The van der Waals surface area contributed by atoms with Crippen molar-refractivity contribution in [2.75, 3.05) is 20.2 Å². The maximum absolute atomic E-state index is 13.7. The Morgan fingerprint density at radius 3 is 2.24 bits per heavy atom. The standard InChI is InChI=1S/C31H37N5O5/c1-19-13-23(29(34)37)14-20(2)24(19)16-26(32)30(38)36(12-11-35-17-27(33)22-7-5-4-6-8-22)18-21-9-10-28(41-3)25(15-21)31(39)40/h4-10,13-15,17,26,35H,11-12,16,18,32-33H2,1-3H3,(H2,34,37)(H,39,40)/b27-17-/t26-/m0/s1. The molecule has 2 amide bonds. The molecule has 10 nitrogen and oxygen atoms in total. The van der Waals surface area contributed by atoms with Gasteiger partial charge in [-0.2, -0.15) is 0 Å². The van der Waals surface area contributed by atoms with Gasteiger partial charge in [0.05, 0.1) is 18.8 Å². The Labute approximate surface area is 239 Å². The minimum Gasteiger partial charge on any atom is -0.496 e. The number of rotatable bonds is 13. The van der Waals surface area contributed by atoms with Crippen LogP contribution in [0.3, 0.4) is 0 Å². The molecule has 0 fully saturated rings. The summed E-state index contributed by atoms with van der Waals surface area (Å²) in [4.78, 5) is 38.6. The zero-order valence-electron chi connectivity index (χ0n) is 23.5. The van der Waals surface area contributed by atoms with E-state index in [4.69, 9.17) is 21.9 Å². The lowest BCUT2D eigenvalue weighted by Crippen LogP contribution is -2.46. The lowest BCUT2D eigenvalue weighted by Gasteiger charge is -2.27. The van der Waals surface area contributed by atoms with E-state index in [1.807, 2.05) is 44.2 Å². The number of carboxylic acids is 1. The molecule has 0 aliphatic rings. The second-order valence-corrected chi connectivity index (χ2v) is 9.78. The number of amides is 2. The van der Waals surface area contributed by atoms with Crippen molar-refractivity contribution in [1.82, 2.24) is 10.2 Å². The summed E-state index contributed by atoms with van der Waals surface area (Å²) < 4.78 is 5.16. The first kappa shape index (κ1) is 30.7. The second kappa shape index (κ2) is 14.0. The minimum absolute atomic E-state index is 0.000759. The maximum Gasteiger partial charge on any atom is 0.339 e. The zero-order chi connectivity index (χ0) is 30.1. The van der Waals surface area contributed by atoms with E-state index in [1.54, 1.807) is 35.4 Å². The molecule has 41 heavy (non-hydrogen) atoms. The molecule has 0 heterocycles. The number of aromatic carboxylic acids is 1. The van der Waals surface area contributed by atoms with Gasteiger partial charge >= 0.3 is 5.97 Å². The molecule has 3 aromatic rings. The number of nitrogens with one attached hydrogen (secondary N) is 1. The molecular formula is C31H37N5O5. The Morgan fingerprint density at radius 1 is 1.00 bits per heavy atom. The summed E-state index contributed by atoms with van der Waals surface area (Å²) in [7, 11) is 1.40. The van der Waals surface area contributed by atoms with Crippen molar-refractivity contribution in [3.63, 3.8) is 0 Å². The van der Waals surface area contributed by atoms with Gasteiger partial charge in [-0.15, -0.1) is 0 Å². The molecule has 8 N–H and O–H groups in total. The lowest BCUT2D eigenvalue weighted by molar-refractivity contribution is -0.133. The summed E-state index contributed by atoms with van der Waals surface area (Å²) in [6, 6.07) is 16.8. The third-order valence-corrected chi connectivity index (χ3v) is 6.79. The van der Waals surface area contributed by atoms with E-state index in [0.717, 1.165) is 22.3 Å². The molecule has 1 atom stereocenters. The molecule has 0 bridgehead atoms. The van der Waals surface area contributed by atoms with E-state index in [1.165, 1.54) is 13.2 Å². The van der Waals surface area contributed by atoms with Crippen LogP contribution in [-0.4, -0.2) is 54.0 Å². The van der Waals surface area contributed by atoms with E-state index in [0.29, 0.717) is 23.4 Å². The minimum atomic E-state index is -1.13. The molecule has 0 radical (unpaired) electrons. The predicted octanol–water partition coefficient (Wildman–Crippen LogP) is 2.55. The van der Waals surface area contributed by atoms with Crippen LogP contribution in [0, 0.1) is 13.8 Å². The molecule has 0 saturated heterocycles. The second-order valence-electron chi connectivity index (χ2n) is 9.78. The highest BCUT2D eigenvalue weighted by atomic mass is 16.5. The third-order valence-electron chi connectivity index (χ3n) is 6.79. The fourth-order valence-electron chi connectivity index (χ4n) is 4.60. The SMILES string of the molecule is COc1ccc(CN(CCN/C=C(\N)c2ccccc2)C(=O)[C@@H](N)Cc2c(C)cc(C(N)=O)cc2C)cc1C(=O)O. The van der Waals surface area contributed by atoms with Gasteiger partial charge in [0.25, 0.3) is 0 Å². The van der Waals surface area contributed by atoms with Crippen molar-refractivity contribution < 1.29 is 24.2 Å². The van der Waals surface area contributed by atoms with E-state index in [2.05, 4.69) is 5.32 Å². The molecule has 0 spiro atoms. The van der Waals surface area contributed by atoms with E-state index < -0.39 is 17.9 Å². The number of methoxy groups -OCH3 is 1. The Balaban J connectivity index is 1.82. The highest BCUT2D eigenvalue weighted by Crippen LogP contribution is 2.22. The Morgan fingerprint density at radius 2 is 1.66 bits per heavy atom. The number of hydrogen-bond acceptors (Lipinski definition) is 7. The number of hydrogen-bond donors (Lipinski definition) is 5. The van der Waals surface area contributed by atoms with Gasteiger partial charge < -0.3 is 37.3 Å². The van der Waals surface area contributed by atoms with Crippen LogP contribution < -0.4 is 27.3 Å². The highest BCUT2D eigenvalue weighted by Gasteiger charge is 2.24. The van der Waals surface area contributed by atoms with Crippen LogP contribution in [0.25, 0.3) is 5.70 Å². The molecule has 10 heteroatoms. The van der Waals surface area contributed by atoms with Crippen LogP contribution in [0.5, 0.6) is 5.75 Å². The topological polar surface area (TPSA) is 174 Å². The van der Waals surface area contributed by atoms with Crippen molar-refractivity contribution in [3.8, 4) is 5.75 Å². The number of nitrogens with two attached hydrogens (primary N) is 3. The summed E-state index contributed by atoms with van der Waals surface area (Å²) >= 11 is 0. The lowest BCUT2D eigenvalue weighted by atomic mass is 9.93. The number of carbonyl (C=O) groups is 3. The first-order valence-electron chi connectivity index (χ1n) is 13.1. The largest absolute Gasteiger partial charge is 0.496 e. The molecular weight excluding hydrogens is 522 g/mol. The number of aryl methyl sites for hydroxylation is 2. The van der Waals surface area contributed by atoms with Crippen LogP contribution in [0.1, 0.15) is 48.5 Å². The zero-order valence-corrected chi connectivity index (χ0v) is 23.5. The smallest absolute Gasteiger partial charge is 0.339 e. The average Bonchev–Trinajstić information content (AvgIpc) is 2.95. The van der Waals surface area contributed by atoms with Crippen LogP contribution in [0.2, 0.25) is 0 Å². The van der Waals surface area contributed by atoms with Gasteiger partial charge in [0.15, 0.2) is 0 Å². The van der Waals surface area contributed by atoms with Gasteiger partial charge in [0, 0.05) is 31.4 Å². The van der Waals surface area contributed by atoms with Crippen molar-refractivity contribution >= 4 is 23.5 Å². The van der Waals surface area contributed by atoms with Gasteiger partial charge in [-0.3, -0.25) is 9.59 Å². The van der Waals surface area contributed by atoms with Crippen molar-refractivity contribution in [2.45, 2.75) is 32.9 Å². The third kappa shape index (κ3) is 8.09. The first-order valence-corrected chi connectivity index (χ1v) is 13.1. The molecule has 216 valence electrons. The first-order chi connectivity index (χ1) is 19.5. The van der Waals surface area contributed by atoms with Gasteiger partial charge in [0.1, 0.15) is 11.3 Å². The Hall–Kier alpha value is -4.83. The summed E-state index contributed by atoms with van der Waals surface area (Å²) in [5.74, 6) is -1.74. The Bertz CT molecular complexity index is 1420. The number of nitrogens with zero attached hydrogens (tertiary/aromatic N) is 1. The van der Waals surface area contributed by atoms with E-state index in [-0.39, 0.29) is 36.7 Å². The molecule has 0 saturated carbocycles. The average molecular weight is 560 g/mol. The van der Waals surface area contributed by atoms with Crippen molar-refractivity contribution in [2.24, 2.45) is 17.2 Å². The van der Waals surface area contributed by atoms with E-state index >= 15 is 0 Å². The van der Waals surface area contributed by atoms with Crippen LogP contribution in [-0.2, 0) is 17.8 Å². The van der Waals surface area contributed by atoms with Gasteiger partial charge in [-0.25, -0.2) is 4.79 Å². The van der Waals surface area contributed by atoms with Gasteiger partial charge in [0.2, 0.25) is 11.8 Å². The van der Waals surface area contributed by atoms with Crippen molar-refractivity contribution in [3.05, 3.63) is 106 Å². The van der Waals surface area contributed by atoms with Gasteiger partial charge in [-0.1, -0.05) is 36.4 Å². The molecule has 3 rings (SSSR count). The fraction of sp³-hybridized carbons (Fsp3) is 0.258. The van der Waals surface area contributed by atoms with Crippen LogP contribution in [0.15, 0.2) is 66.9 Å². The monoisotopic (exact) mass is 559 g/mol. The van der Waals surface area contributed by atoms with Crippen LogP contribution >= 0.6 is 0 Å². The number of primary amides is 1. The summed E-state index contributed by atoms with van der Waals surface area (Å²) in [5.41, 5.74) is 23.0. The molecule has 0 unspecified atom stereocenters. The summed E-state index contributed by atoms with van der Waals surface area (Å²) in [6.45, 7) is 4.48. The molecule has 0 aromatic heterocycles. The molecule has 0 aliphatic heterocycles. The normalized spacial score (nSPS) is 12.0. The van der Waals surface area contributed by atoms with Crippen molar-refractivity contribution in [1.29, 1.82) is 0 Å². The quantitative estimate of drug-likeness (QED) is 0.199. The van der Waals surface area contributed by atoms with Crippen LogP contribution in [0.4, 0.5) is 0 Å². The summed E-state index contributed by atoms with van der Waals surface area (Å²) in [5, 5.41) is 12.8. The fourth-order valence-corrected chi connectivity index (χ4v) is 4.60. The predicted molar refractivity (Wildman–Crippen MR) is 158 cm³/mol. The number of benzene rings is 3. The Kier molecular flexibility index (Phi) is 10.5. The number of carboxylic acid groups (broad SMARTS) is 1. The molecule has 0 aliphatic carbocycles. The van der Waals surface area contributed by atoms with E-state index in [9.17, 15) is 19.5 Å². The number of carbonyl (C=O) groups excluding carboxylic acids is 2. The molecule has 3 aromatic carbocycles. The maximum atomic E-state index is 13.7. The van der Waals surface area contributed by atoms with Gasteiger partial charge in [-0.05, 0) is 72.4 Å². The number of ether oxygens (including phenoxy) is 1.